The van der Waals surface area contributed by atoms with Crippen LogP contribution >= 0.6 is 0 Å². The summed E-state index contributed by atoms with van der Waals surface area (Å²) in [5, 5.41) is 26.3. The predicted molar refractivity (Wildman–Crippen MR) is 66.3 cm³/mol. The van der Waals surface area contributed by atoms with Crippen molar-refractivity contribution in [2.24, 2.45) is 0 Å². The molecule has 4 heteroatoms. The molecule has 1 rings (SSSR count). The molecular formula is C13H18O4. The van der Waals surface area contributed by atoms with Crippen LogP contribution in [0.5, 0.6) is 11.5 Å². The van der Waals surface area contributed by atoms with Crippen LogP contribution < -0.4 is 0 Å². The van der Waals surface area contributed by atoms with E-state index in [1.54, 1.807) is 6.07 Å². The smallest absolute Gasteiger partial charge is 0.327 e. The summed E-state index contributed by atoms with van der Waals surface area (Å²) in [6.45, 7) is 8.92. The van der Waals surface area contributed by atoms with Crippen molar-refractivity contribution in [2.45, 2.75) is 26.2 Å². The molecule has 0 aliphatic carbocycles. The Kier molecular flexibility index (Phi) is 5.25. The zero-order valence-electron chi connectivity index (χ0n) is 10.3. The molecule has 0 saturated carbocycles. The van der Waals surface area contributed by atoms with E-state index < -0.39 is 5.97 Å². The summed E-state index contributed by atoms with van der Waals surface area (Å²) in [4.78, 5) is 9.25. The second kappa shape index (κ2) is 5.94. The quantitative estimate of drug-likeness (QED) is 0.519. The molecule has 0 heterocycles. The Hall–Kier alpha value is -1.97. The first-order chi connectivity index (χ1) is 7.68. The van der Waals surface area contributed by atoms with Gasteiger partial charge in [0.15, 0.2) is 0 Å². The zero-order valence-corrected chi connectivity index (χ0v) is 10.3. The molecule has 4 nitrogen and oxygen atoms in total. The van der Waals surface area contributed by atoms with E-state index in [9.17, 15) is 15.0 Å². The summed E-state index contributed by atoms with van der Waals surface area (Å²) in [5.74, 6) is -0.553. The molecule has 0 aliphatic rings. The van der Waals surface area contributed by atoms with Crippen LogP contribution in [0.25, 0.3) is 0 Å². The Labute approximate surface area is 101 Å². The van der Waals surface area contributed by atoms with Crippen molar-refractivity contribution in [1.82, 2.24) is 0 Å². The number of aliphatic carboxylic acids is 1. The van der Waals surface area contributed by atoms with Crippen molar-refractivity contribution in [3.05, 3.63) is 36.4 Å². The van der Waals surface area contributed by atoms with Crippen molar-refractivity contribution < 1.29 is 20.1 Å². The summed E-state index contributed by atoms with van der Waals surface area (Å²) in [5.41, 5.74) is 0.630. The van der Waals surface area contributed by atoms with Gasteiger partial charge >= 0.3 is 5.97 Å². The highest BCUT2D eigenvalue weighted by Gasteiger charge is 2.17. The number of carboxylic acids is 1. The third kappa shape index (κ3) is 5.61. The fourth-order valence-corrected chi connectivity index (χ4v) is 1.12. The first-order valence-corrected chi connectivity index (χ1v) is 5.06. The summed E-state index contributed by atoms with van der Waals surface area (Å²) < 4.78 is 0. The minimum atomic E-state index is -0.981. The summed E-state index contributed by atoms with van der Waals surface area (Å²) in [7, 11) is 0. The fraction of sp³-hybridized carbons (Fsp3) is 0.308. The van der Waals surface area contributed by atoms with Gasteiger partial charge in [0.25, 0.3) is 0 Å². The molecule has 0 atom stereocenters. The van der Waals surface area contributed by atoms with Crippen molar-refractivity contribution in [1.29, 1.82) is 0 Å². The van der Waals surface area contributed by atoms with Gasteiger partial charge in [0, 0.05) is 11.6 Å². The highest BCUT2D eigenvalue weighted by atomic mass is 16.4. The van der Waals surface area contributed by atoms with E-state index in [4.69, 9.17) is 5.11 Å². The van der Waals surface area contributed by atoms with Gasteiger partial charge in [-0.25, -0.2) is 4.79 Å². The Balaban J connectivity index is 0.000000437. The van der Waals surface area contributed by atoms with Crippen LogP contribution in [0.1, 0.15) is 26.3 Å². The minimum absolute atomic E-state index is 0.136. The Morgan fingerprint density at radius 3 is 2.06 bits per heavy atom. The molecule has 0 aromatic heterocycles. The average molecular weight is 238 g/mol. The van der Waals surface area contributed by atoms with Gasteiger partial charge in [-0.3, -0.25) is 0 Å². The zero-order chi connectivity index (χ0) is 13.6. The third-order valence-corrected chi connectivity index (χ3v) is 1.96. The average Bonchev–Trinajstić information content (AvgIpc) is 2.21. The van der Waals surface area contributed by atoms with Crippen LogP contribution in [0.15, 0.2) is 30.9 Å². The van der Waals surface area contributed by atoms with E-state index in [0.717, 1.165) is 11.6 Å². The lowest BCUT2D eigenvalue weighted by Crippen LogP contribution is -2.10. The van der Waals surface area contributed by atoms with Crippen LogP contribution in [-0.4, -0.2) is 21.3 Å². The first-order valence-electron chi connectivity index (χ1n) is 5.06. The van der Waals surface area contributed by atoms with E-state index in [-0.39, 0.29) is 16.9 Å². The molecule has 0 bridgehead atoms. The van der Waals surface area contributed by atoms with Crippen molar-refractivity contribution in [3.8, 4) is 11.5 Å². The SMILES string of the molecule is C=CC(=O)O.CC(C)(C)c1cc(O)ccc1O. The van der Waals surface area contributed by atoms with Crippen LogP contribution in [0.2, 0.25) is 0 Å². The Bertz CT molecular complexity index is 402. The van der Waals surface area contributed by atoms with Gasteiger partial charge in [0.1, 0.15) is 11.5 Å². The maximum Gasteiger partial charge on any atom is 0.327 e. The third-order valence-electron chi connectivity index (χ3n) is 1.96. The topological polar surface area (TPSA) is 77.8 Å². The van der Waals surface area contributed by atoms with Gasteiger partial charge in [-0.2, -0.15) is 0 Å². The number of benzene rings is 1. The lowest BCUT2D eigenvalue weighted by molar-refractivity contribution is -0.131. The Morgan fingerprint density at radius 1 is 1.29 bits per heavy atom. The van der Waals surface area contributed by atoms with E-state index in [0.29, 0.717) is 0 Å². The minimum Gasteiger partial charge on any atom is -0.508 e. The first kappa shape index (κ1) is 15.0. The molecule has 3 N–H and O–H groups in total. The normalized spacial score (nSPS) is 10.1. The van der Waals surface area contributed by atoms with E-state index in [2.05, 4.69) is 6.58 Å². The van der Waals surface area contributed by atoms with Gasteiger partial charge in [-0.05, 0) is 23.6 Å². The molecule has 1 aromatic carbocycles. The number of phenols is 2. The second-order valence-electron chi connectivity index (χ2n) is 4.49. The number of hydrogen-bond donors (Lipinski definition) is 3. The Morgan fingerprint density at radius 2 is 1.76 bits per heavy atom. The molecular weight excluding hydrogens is 220 g/mol. The van der Waals surface area contributed by atoms with Crippen LogP contribution in [-0.2, 0) is 10.2 Å². The van der Waals surface area contributed by atoms with E-state index >= 15 is 0 Å². The van der Waals surface area contributed by atoms with Gasteiger partial charge in [-0.1, -0.05) is 27.4 Å². The lowest BCUT2D eigenvalue weighted by Gasteiger charge is -2.20. The molecule has 0 spiro atoms. The molecule has 1 aromatic rings. The van der Waals surface area contributed by atoms with E-state index in [1.165, 1.54) is 12.1 Å². The number of carbonyl (C=O) groups is 1. The molecule has 0 radical (unpaired) electrons. The lowest BCUT2D eigenvalue weighted by atomic mass is 9.86. The van der Waals surface area contributed by atoms with Gasteiger partial charge in [0.05, 0.1) is 0 Å². The molecule has 0 aliphatic heterocycles. The van der Waals surface area contributed by atoms with Crippen molar-refractivity contribution in [2.75, 3.05) is 0 Å². The molecule has 0 unspecified atom stereocenters. The maximum absolute atomic E-state index is 9.46. The maximum atomic E-state index is 9.46. The van der Waals surface area contributed by atoms with Gasteiger partial charge in [-0.15, -0.1) is 0 Å². The van der Waals surface area contributed by atoms with Gasteiger partial charge < -0.3 is 15.3 Å². The monoisotopic (exact) mass is 238 g/mol. The van der Waals surface area contributed by atoms with Crippen molar-refractivity contribution in [3.63, 3.8) is 0 Å². The van der Waals surface area contributed by atoms with Crippen LogP contribution in [0.3, 0.4) is 0 Å². The van der Waals surface area contributed by atoms with Crippen molar-refractivity contribution >= 4 is 5.97 Å². The highest BCUT2D eigenvalue weighted by Crippen LogP contribution is 2.32. The molecule has 0 amide bonds. The second-order valence-corrected chi connectivity index (χ2v) is 4.49. The van der Waals surface area contributed by atoms with Crippen LogP contribution in [0.4, 0.5) is 0 Å². The number of hydrogen-bond acceptors (Lipinski definition) is 3. The van der Waals surface area contributed by atoms with E-state index in [1.807, 2.05) is 20.8 Å². The summed E-state index contributed by atoms with van der Waals surface area (Å²) >= 11 is 0. The van der Waals surface area contributed by atoms with Crippen LogP contribution in [0, 0.1) is 0 Å². The predicted octanol–water partition coefficient (Wildman–Crippen LogP) is 2.65. The highest BCUT2D eigenvalue weighted by molar-refractivity contribution is 5.78. The molecule has 94 valence electrons. The summed E-state index contributed by atoms with van der Waals surface area (Å²) in [6, 6.07) is 4.58. The number of carboxylic acid groups (broad SMARTS) is 1. The number of aromatic hydroxyl groups is 2. The number of phenolic OH excluding ortho intramolecular Hbond substituents is 2. The standard InChI is InChI=1S/C10H14O2.C3H4O2/c1-10(2,3)8-6-7(11)4-5-9(8)12;1-2-3(4)5/h4-6,11-12H,1-3H3;2H,1H2,(H,4,5). The fourth-order valence-electron chi connectivity index (χ4n) is 1.12. The summed E-state index contributed by atoms with van der Waals surface area (Å²) in [6.07, 6.45) is 0.833. The number of rotatable bonds is 1. The molecule has 0 fully saturated rings. The molecule has 17 heavy (non-hydrogen) atoms. The van der Waals surface area contributed by atoms with Gasteiger partial charge in [0.2, 0.25) is 0 Å². The molecule has 0 saturated heterocycles. The largest absolute Gasteiger partial charge is 0.508 e.